The zero-order valence-corrected chi connectivity index (χ0v) is 9.86. The maximum atomic E-state index is 11.9. The largest absolute Gasteiger partial charge is 0.481 e. The standard InChI is InChI=1S/C11H11ClN2O3/c1-14-9-4-6(12)2-3-7(9)13-8(11(14)17)5-10(15)16/h2-4,8,13H,5H2,1H3,(H,15,16). The molecule has 0 aliphatic carbocycles. The first-order valence-corrected chi connectivity index (χ1v) is 5.42. The van der Waals surface area contributed by atoms with Gasteiger partial charge >= 0.3 is 5.97 Å². The molecule has 17 heavy (non-hydrogen) atoms. The minimum atomic E-state index is -1.01. The summed E-state index contributed by atoms with van der Waals surface area (Å²) in [5.41, 5.74) is 1.37. The molecule has 1 unspecified atom stereocenters. The van der Waals surface area contributed by atoms with Gasteiger partial charge in [0.2, 0.25) is 5.91 Å². The normalized spacial score (nSPS) is 18.6. The highest BCUT2D eigenvalue weighted by atomic mass is 35.5. The number of nitrogens with one attached hydrogen (secondary N) is 1. The summed E-state index contributed by atoms with van der Waals surface area (Å²) in [6, 6.07) is 4.36. The summed E-state index contributed by atoms with van der Waals surface area (Å²) in [7, 11) is 1.60. The van der Waals surface area contributed by atoms with Gasteiger partial charge < -0.3 is 15.3 Å². The van der Waals surface area contributed by atoms with E-state index in [1.807, 2.05) is 0 Å². The molecule has 1 aliphatic heterocycles. The highest BCUT2D eigenvalue weighted by Crippen LogP contribution is 2.33. The van der Waals surface area contributed by atoms with Gasteiger partial charge in [-0.25, -0.2) is 0 Å². The first-order chi connectivity index (χ1) is 7.99. The second-order valence-corrected chi connectivity index (χ2v) is 4.29. The van der Waals surface area contributed by atoms with Crippen molar-refractivity contribution in [3.63, 3.8) is 0 Å². The summed E-state index contributed by atoms with van der Waals surface area (Å²) in [5.74, 6) is -1.29. The number of anilines is 2. The topological polar surface area (TPSA) is 69.6 Å². The van der Waals surface area contributed by atoms with E-state index in [-0.39, 0.29) is 12.3 Å². The molecule has 0 aromatic heterocycles. The van der Waals surface area contributed by atoms with Crippen LogP contribution in [-0.4, -0.2) is 30.1 Å². The van der Waals surface area contributed by atoms with Gasteiger partial charge in [-0.1, -0.05) is 11.6 Å². The van der Waals surface area contributed by atoms with E-state index < -0.39 is 12.0 Å². The zero-order chi connectivity index (χ0) is 12.6. The predicted molar refractivity (Wildman–Crippen MR) is 64.5 cm³/mol. The van der Waals surface area contributed by atoms with E-state index in [0.717, 1.165) is 0 Å². The van der Waals surface area contributed by atoms with E-state index in [2.05, 4.69) is 5.32 Å². The fourth-order valence-electron chi connectivity index (χ4n) is 1.82. The van der Waals surface area contributed by atoms with E-state index in [0.29, 0.717) is 16.4 Å². The summed E-state index contributed by atoms with van der Waals surface area (Å²) in [6.07, 6.45) is -0.245. The second-order valence-electron chi connectivity index (χ2n) is 3.85. The molecule has 5 nitrogen and oxygen atoms in total. The molecule has 1 heterocycles. The van der Waals surface area contributed by atoms with Crippen molar-refractivity contribution in [2.75, 3.05) is 17.3 Å². The highest BCUT2D eigenvalue weighted by Gasteiger charge is 2.31. The molecule has 1 atom stereocenters. The Morgan fingerprint density at radius 3 is 2.94 bits per heavy atom. The van der Waals surface area contributed by atoms with E-state index in [4.69, 9.17) is 16.7 Å². The monoisotopic (exact) mass is 254 g/mol. The number of carbonyl (C=O) groups excluding carboxylic acids is 1. The lowest BCUT2D eigenvalue weighted by atomic mass is 10.1. The van der Waals surface area contributed by atoms with Crippen molar-refractivity contribution < 1.29 is 14.7 Å². The fraction of sp³-hybridized carbons (Fsp3) is 0.273. The number of fused-ring (bicyclic) bond motifs is 1. The van der Waals surface area contributed by atoms with Crippen molar-refractivity contribution >= 4 is 34.9 Å². The Labute approximate surface area is 103 Å². The molecule has 0 fully saturated rings. The van der Waals surface area contributed by atoms with Gasteiger partial charge in [-0.05, 0) is 18.2 Å². The van der Waals surface area contributed by atoms with Crippen molar-refractivity contribution in [1.82, 2.24) is 0 Å². The third-order valence-electron chi connectivity index (χ3n) is 2.66. The number of likely N-dealkylation sites (N-methyl/N-ethyl adjacent to an activating group) is 1. The van der Waals surface area contributed by atoms with E-state index in [9.17, 15) is 9.59 Å². The molecule has 90 valence electrons. The Balaban J connectivity index is 2.35. The first kappa shape index (κ1) is 11.7. The molecule has 2 N–H and O–H groups in total. The molecular weight excluding hydrogens is 244 g/mol. The number of carbonyl (C=O) groups is 2. The third kappa shape index (κ3) is 2.19. The van der Waals surface area contributed by atoms with Crippen LogP contribution >= 0.6 is 11.6 Å². The van der Waals surface area contributed by atoms with Gasteiger partial charge in [-0.3, -0.25) is 9.59 Å². The minimum Gasteiger partial charge on any atom is -0.481 e. The number of hydrogen-bond donors (Lipinski definition) is 2. The number of hydrogen-bond acceptors (Lipinski definition) is 3. The van der Waals surface area contributed by atoms with Crippen LogP contribution in [0.3, 0.4) is 0 Å². The Morgan fingerprint density at radius 2 is 2.29 bits per heavy atom. The average Bonchev–Trinajstić information content (AvgIpc) is 2.26. The second kappa shape index (κ2) is 4.25. The maximum Gasteiger partial charge on any atom is 0.305 e. The Kier molecular flexibility index (Phi) is 2.93. The van der Waals surface area contributed by atoms with Crippen molar-refractivity contribution in [3.8, 4) is 0 Å². The summed E-state index contributed by atoms with van der Waals surface area (Å²) in [5, 5.41) is 12.2. The van der Waals surface area contributed by atoms with E-state index in [1.54, 1.807) is 25.2 Å². The van der Waals surface area contributed by atoms with Crippen molar-refractivity contribution in [3.05, 3.63) is 23.2 Å². The molecule has 1 aromatic carbocycles. The Morgan fingerprint density at radius 1 is 1.59 bits per heavy atom. The molecule has 1 amide bonds. The van der Waals surface area contributed by atoms with E-state index in [1.165, 1.54) is 4.90 Å². The molecular formula is C11H11ClN2O3. The SMILES string of the molecule is CN1C(=O)C(CC(=O)O)Nc2ccc(Cl)cc21. The number of amides is 1. The Hall–Kier alpha value is -1.75. The highest BCUT2D eigenvalue weighted by molar-refractivity contribution is 6.31. The lowest BCUT2D eigenvalue weighted by Gasteiger charge is -2.32. The average molecular weight is 255 g/mol. The van der Waals surface area contributed by atoms with Gasteiger partial charge in [0.1, 0.15) is 6.04 Å². The maximum absolute atomic E-state index is 11.9. The van der Waals surface area contributed by atoms with Crippen molar-refractivity contribution in [2.24, 2.45) is 0 Å². The molecule has 0 bridgehead atoms. The molecule has 0 radical (unpaired) electrons. The van der Waals surface area contributed by atoms with Gasteiger partial charge in [-0.15, -0.1) is 0 Å². The van der Waals surface area contributed by atoms with Gasteiger partial charge in [0.05, 0.1) is 17.8 Å². The van der Waals surface area contributed by atoms with Gasteiger partial charge in [0, 0.05) is 12.1 Å². The van der Waals surface area contributed by atoms with Crippen LogP contribution < -0.4 is 10.2 Å². The zero-order valence-electron chi connectivity index (χ0n) is 9.11. The quantitative estimate of drug-likeness (QED) is 0.841. The number of nitrogens with zero attached hydrogens (tertiary/aromatic N) is 1. The lowest BCUT2D eigenvalue weighted by molar-refractivity contribution is -0.138. The van der Waals surface area contributed by atoms with Crippen LogP contribution in [0.4, 0.5) is 11.4 Å². The number of halogens is 1. The number of carboxylic acid groups (broad SMARTS) is 1. The molecule has 0 saturated carbocycles. The van der Waals surface area contributed by atoms with Crippen LogP contribution in [0.1, 0.15) is 6.42 Å². The molecule has 0 spiro atoms. The molecule has 1 aliphatic rings. The molecule has 6 heteroatoms. The van der Waals surface area contributed by atoms with Crippen LogP contribution in [0.25, 0.3) is 0 Å². The Bertz CT molecular complexity index is 490. The smallest absolute Gasteiger partial charge is 0.305 e. The van der Waals surface area contributed by atoms with Gasteiger partial charge in [0.25, 0.3) is 0 Å². The summed E-state index contributed by atoms with van der Waals surface area (Å²) >= 11 is 5.85. The molecule has 0 saturated heterocycles. The minimum absolute atomic E-state index is 0.245. The fourth-order valence-corrected chi connectivity index (χ4v) is 1.99. The van der Waals surface area contributed by atoms with Crippen molar-refractivity contribution in [1.29, 1.82) is 0 Å². The first-order valence-electron chi connectivity index (χ1n) is 5.04. The van der Waals surface area contributed by atoms with Crippen LogP contribution in [-0.2, 0) is 9.59 Å². The molecule has 2 rings (SSSR count). The van der Waals surface area contributed by atoms with Crippen LogP contribution in [0.5, 0.6) is 0 Å². The predicted octanol–water partition coefficient (Wildman–Crippen LogP) is 1.57. The summed E-state index contributed by atoms with van der Waals surface area (Å²) in [6.45, 7) is 0. The van der Waals surface area contributed by atoms with Crippen molar-refractivity contribution in [2.45, 2.75) is 12.5 Å². The van der Waals surface area contributed by atoms with Crippen LogP contribution in [0.2, 0.25) is 5.02 Å². The van der Waals surface area contributed by atoms with Gasteiger partial charge in [-0.2, -0.15) is 0 Å². The number of rotatable bonds is 2. The van der Waals surface area contributed by atoms with Crippen LogP contribution in [0.15, 0.2) is 18.2 Å². The van der Waals surface area contributed by atoms with E-state index >= 15 is 0 Å². The third-order valence-corrected chi connectivity index (χ3v) is 2.89. The number of benzene rings is 1. The summed E-state index contributed by atoms with van der Waals surface area (Å²) in [4.78, 5) is 24.0. The number of aliphatic carboxylic acids is 1. The molecule has 1 aromatic rings. The summed E-state index contributed by atoms with van der Waals surface area (Å²) < 4.78 is 0. The van der Waals surface area contributed by atoms with Gasteiger partial charge in [0.15, 0.2) is 0 Å². The van der Waals surface area contributed by atoms with Crippen LogP contribution in [0, 0.1) is 0 Å². The number of carboxylic acids is 1. The lowest BCUT2D eigenvalue weighted by Crippen LogP contribution is -2.46.